The Morgan fingerprint density at radius 1 is 1.77 bits per heavy atom. The third-order valence-electron chi connectivity index (χ3n) is 0.954. The molecule has 70 valence electrons. The van der Waals surface area contributed by atoms with Crippen LogP contribution in [0.3, 0.4) is 0 Å². The minimum absolute atomic E-state index is 0.00173. The molecule has 13 heavy (non-hydrogen) atoms. The maximum Gasteiger partial charge on any atom is 0.236 e. The van der Waals surface area contributed by atoms with Crippen molar-refractivity contribution in [2.24, 2.45) is 10.3 Å². The maximum absolute atomic E-state index is 10.4. The van der Waals surface area contributed by atoms with E-state index in [1.165, 1.54) is 6.92 Å². The number of rotatable bonds is 3. The molecule has 0 heterocycles. The number of alkyl halides is 1. The lowest BCUT2D eigenvalue weighted by molar-refractivity contribution is -0.118. The molecule has 0 saturated heterocycles. The zero-order valence-corrected chi connectivity index (χ0v) is 7.54. The molecule has 0 spiro atoms. The maximum atomic E-state index is 10.4. The quantitative estimate of drug-likeness (QED) is 0.293. The molecular formula is C6H7ClN4O2. The van der Waals surface area contributed by atoms with Crippen LogP contribution in [0, 0.1) is 11.3 Å². The lowest BCUT2D eigenvalue weighted by Gasteiger charge is -1.97. The van der Waals surface area contributed by atoms with Gasteiger partial charge in [0.15, 0.2) is 0 Å². The fourth-order valence-corrected chi connectivity index (χ4v) is 0.623. The van der Waals surface area contributed by atoms with Gasteiger partial charge in [-0.3, -0.25) is 4.79 Å². The van der Waals surface area contributed by atoms with Crippen molar-refractivity contribution >= 4 is 28.9 Å². The topological polar surface area (TPSA) is 97.8 Å². The molecule has 0 aliphatic rings. The highest BCUT2D eigenvalue weighted by atomic mass is 35.5. The first-order valence-corrected chi connectivity index (χ1v) is 3.70. The van der Waals surface area contributed by atoms with Gasteiger partial charge in [-0.1, -0.05) is 5.16 Å². The number of carbonyl (C=O) groups is 1. The van der Waals surface area contributed by atoms with E-state index in [0.29, 0.717) is 0 Å². The van der Waals surface area contributed by atoms with E-state index in [2.05, 4.69) is 15.7 Å². The summed E-state index contributed by atoms with van der Waals surface area (Å²) < 4.78 is 0. The molecule has 0 aliphatic carbocycles. The van der Waals surface area contributed by atoms with Gasteiger partial charge in [0.1, 0.15) is 11.8 Å². The van der Waals surface area contributed by atoms with Gasteiger partial charge in [-0.15, -0.1) is 11.6 Å². The number of hydrogen-bond donors (Lipinski definition) is 2. The second-order valence-electron chi connectivity index (χ2n) is 1.92. The number of oxime groups is 1. The summed E-state index contributed by atoms with van der Waals surface area (Å²) in [6, 6.07) is 1.56. The smallest absolute Gasteiger partial charge is 0.236 e. The number of hydrazone groups is 1. The Balaban J connectivity index is 4.60. The molecule has 0 aromatic rings. The van der Waals surface area contributed by atoms with E-state index in [9.17, 15) is 4.79 Å². The van der Waals surface area contributed by atoms with Gasteiger partial charge >= 0.3 is 0 Å². The van der Waals surface area contributed by atoms with Gasteiger partial charge < -0.3 is 5.21 Å². The average molecular weight is 203 g/mol. The number of nitriles is 1. The lowest BCUT2D eigenvalue weighted by atomic mass is 10.3. The van der Waals surface area contributed by atoms with Crippen molar-refractivity contribution in [2.45, 2.75) is 6.92 Å². The molecule has 7 heteroatoms. The van der Waals surface area contributed by atoms with Crippen molar-refractivity contribution in [3.8, 4) is 6.07 Å². The Labute approximate surface area is 79.5 Å². The number of hydrogen-bond acceptors (Lipinski definition) is 5. The van der Waals surface area contributed by atoms with Crippen LogP contribution in [-0.4, -0.2) is 28.4 Å². The van der Waals surface area contributed by atoms with Crippen molar-refractivity contribution in [3.05, 3.63) is 0 Å². The number of nitrogens with one attached hydrogen (secondary N) is 1. The second-order valence-corrected chi connectivity index (χ2v) is 2.19. The van der Waals surface area contributed by atoms with Crippen LogP contribution in [0.1, 0.15) is 6.92 Å². The summed E-state index contributed by atoms with van der Waals surface area (Å²) in [5, 5.41) is 22.8. The van der Waals surface area contributed by atoms with Crippen LogP contribution < -0.4 is 5.43 Å². The fraction of sp³-hybridized carbons (Fsp3) is 0.333. The molecule has 0 aromatic carbocycles. The predicted molar refractivity (Wildman–Crippen MR) is 46.8 cm³/mol. The van der Waals surface area contributed by atoms with E-state index in [0.717, 1.165) is 0 Å². The first kappa shape index (κ1) is 11.4. The van der Waals surface area contributed by atoms with Crippen molar-refractivity contribution in [3.63, 3.8) is 0 Å². The molecule has 0 aromatic heterocycles. The molecule has 2 N–H and O–H groups in total. The summed E-state index contributed by atoms with van der Waals surface area (Å²) in [5.41, 5.74) is 1.74. The molecule has 0 fully saturated rings. The monoisotopic (exact) mass is 202 g/mol. The second kappa shape index (κ2) is 5.97. The summed E-state index contributed by atoms with van der Waals surface area (Å²) in [6.07, 6.45) is 0. The minimum Gasteiger partial charge on any atom is -0.410 e. The highest BCUT2D eigenvalue weighted by molar-refractivity contribution is 6.55. The van der Waals surface area contributed by atoms with Gasteiger partial charge in [-0.25, -0.2) is 5.43 Å². The number of carbonyl (C=O) groups excluding carboxylic acids is 1. The van der Waals surface area contributed by atoms with Crippen LogP contribution in [0.2, 0.25) is 0 Å². The number of amides is 1. The summed E-state index contributed by atoms with van der Waals surface area (Å²) in [4.78, 5) is 10.4. The molecule has 0 unspecified atom stereocenters. The molecule has 0 saturated carbocycles. The predicted octanol–water partition coefficient (Wildman–Crippen LogP) is 0.0711. The van der Waals surface area contributed by atoms with E-state index in [1.807, 2.05) is 0 Å². The van der Waals surface area contributed by atoms with Crippen LogP contribution >= 0.6 is 11.6 Å². The normalized spacial score (nSPS) is 12.1. The van der Waals surface area contributed by atoms with E-state index >= 15 is 0 Å². The van der Waals surface area contributed by atoms with Gasteiger partial charge in [0.2, 0.25) is 11.6 Å². The highest BCUT2D eigenvalue weighted by Crippen LogP contribution is 1.87. The van der Waals surface area contributed by atoms with Gasteiger partial charge in [0.05, 0.1) is 5.88 Å². The molecule has 6 nitrogen and oxygen atoms in total. The van der Waals surface area contributed by atoms with Crippen molar-refractivity contribution in [1.82, 2.24) is 5.43 Å². The molecule has 0 aliphatic heterocycles. The fourth-order valence-electron chi connectivity index (χ4n) is 0.437. The zero-order valence-electron chi connectivity index (χ0n) is 6.78. The Morgan fingerprint density at radius 2 is 2.38 bits per heavy atom. The van der Waals surface area contributed by atoms with Crippen molar-refractivity contribution in [2.75, 3.05) is 5.88 Å². The summed E-state index contributed by atoms with van der Waals surface area (Å²) in [6.45, 7) is 1.25. The average Bonchev–Trinajstić information content (AvgIpc) is 2.11. The number of halogens is 1. The third-order valence-corrected chi connectivity index (χ3v) is 1.21. The Hall–Kier alpha value is -1.61. The standard InChI is InChI=1S/C6H7ClN4O2/c1-4(12)9-10-5(2-7)6(3-8)11-13/h13H,2H2,1H3,(H,9,12). The van der Waals surface area contributed by atoms with Crippen LogP contribution in [0.4, 0.5) is 0 Å². The van der Waals surface area contributed by atoms with Crippen LogP contribution in [0.15, 0.2) is 10.3 Å². The number of nitrogens with zero attached hydrogens (tertiary/aromatic N) is 3. The summed E-state index contributed by atoms with van der Waals surface area (Å²) in [7, 11) is 0. The Morgan fingerprint density at radius 3 is 2.69 bits per heavy atom. The Bertz CT molecular complexity index is 291. The van der Waals surface area contributed by atoms with Crippen molar-refractivity contribution < 1.29 is 10.0 Å². The van der Waals surface area contributed by atoms with E-state index < -0.39 is 5.91 Å². The SMILES string of the molecule is CC(=O)NN=C(CCl)C(C#N)=NO. The summed E-state index contributed by atoms with van der Waals surface area (Å²) >= 11 is 5.38. The molecule has 0 bridgehead atoms. The Kier molecular flexibility index (Phi) is 5.23. The van der Waals surface area contributed by atoms with Crippen LogP contribution in [0.25, 0.3) is 0 Å². The van der Waals surface area contributed by atoms with Gasteiger partial charge in [0.25, 0.3) is 0 Å². The first-order valence-electron chi connectivity index (χ1n) is 3.17. The van der Waals surface area contributed by atoms with Gasteiger partial charge in [0, 0.05) is 6.92 Å². The third kappa shape index (κ3) is 4.08. The molecular weight excluding hydrogens is 196 g/mol. The lowest BCUT2D eigenvalue weighted by Crippen LogP contribution is -2.21. The van der Waals surface area contributed by atoms with Gasteiger partial charge in [-0.05, 0) is 0 Å². The molecule has 0 atom stereocenters. The zero-order chi connectivity index (χ0) is 10.3. The first-order chi connectivity index (χ1) is 6.15. The summed E-state index contributed by atoms with van der Waals surface area (Å²) in [5.74, 6) is -0.536. The largest absolute Gasteiger partial charge is 0.410 e. The van der Waals surface area contributed by atoms with Crippen LogP contribution in [-0.2, 0) is 4.79 Å². The molecule has 0 radical (unpaired) electrons. The van der Waals surface area contributed by atoms with E-state index in [-0.39, 0.29) is 17.3 Å². The molecule has 0 rings (SSSR count). The molecule has 1 amide bonds. The minimum atomic E-state index is -0.405. The van der Waals surface area contributed by atoms with Gasteiger partial charge in [-0.2, -0.15) is 10.4 Å². The highest BCUT2D eigenvalue weighted by Gasteiger charge is 2.07. The van der Waals surface area contributed by atoms with Crippen molar-refractivity contribution in [1.29, 1.82) is 5.26 Å². The van der Waals surface area contributed by atoms with E-state index in [4.69, 9.17) is 22.1 Å². The van der Waals surface area contributed by atoms with E-state index in [1.54, 1.807) is 6.07 Å². The van der Waals surface area contributed by atoms with Crippen LogP contribution in [0.5, 0.6) is 0 Å².